The van der Waals surface area contributed by atoms with Gasteiger partial charge in [-0.15, -0.1) is 0 Å². The molecule has 5 rings (SSSR count). The fourth-order valence-electron chi connectivity index (χ4n) is 6.22. The number of rotatable bonds is 8. The van der Waals surface area contributed by atoms with Crippen LogP contribution in [0.15, 0.2) is 42.6 Å². The van der Waals surface area contributed by atoms with E-state index >= 15 is 0 Å². The number of aromatic nitrogens is 1. The number of piperazine rings is 1. The molecule has 0 radical (unpaired) electrons. The van der Waals surface area contributed by atoms with E-state index in [4.69, 9.17) is 9.72 Å². The van der Waals surface area contributed by atoms with Gasteiger partial charge in [-0.2, -0.15) is 0 Å². The molecule has 0 spiro atoms. The number of halogens is 1. The van der Waals surface area contributed by atoms with Gasteiger partial charge >= 0.3 is 0 Å². The topological polar surface area (TPSA) is 43.9 Å². The van der Waals surface area contributed by atoms with Gasteiger partial charge in [0.05, 0.1) is 24.6 Å². The zero-order valence-electron chi connectivity index (χ0n) is 23.6. The highest BCUT2D eigenvalue weighted by Crippen LogP contribution is 2.42. The molecule has 38 heavy (non-hydrogen) atoms. The van der Waals surface area contributed by atoms with Crippen LogP contribution in [-0.2, 0) is 23.0 Å². The Kier molecular flexibility index (Phi) is 8.19. The first-order valence-corrected chi connectivity index (χ1v) is 14.2. The van der Waals surface area contributed by atoms with Crippen molar-refractivity contribution in [3.8, 4) is 0 Å². The average Bonchev–Trinajstić information content (AvgIpc) is 3.17. The molecule has 4 heterocycles. The standard InChI is InChI=1S/C31H44FN5O/c1-6-28-25(15-24-7-9-26(32)10-8-24)16-29-30(34-28)31(4,5)21-37(29)22(2)18-36-12-11-33-17-27(36)19-35-13-14-38-20-23(35)3/h7-10,16,23,27,33H,2,6,11-15,17-21H2,1,3-5H3. The molecule has 7 heteroatoms. The lowest BCUT2D eigenvalue weighted by Gasteiger charge is -2.43. The van der Waals surface area contributed by atoms with Crippen LogP contribution in [0, 0.1) is 5.82 Å². The number of hydrogen-bond acceptors (Lipinski definition) is 6. The van der Waals surface area contributed by atoms with E-state index in [1.54, 1.807) is 12.1 Å². The van der Waals surface area contributed by atoms with E-state index in [2.05, 4.69) is 60.4 Å². The Morgan fingerprint density at radius 1 is 1.21 bits per heavy atom. The van der Waals surface area contributed by atoms with Crippen LogP contribution in [0.25, 0.3) is 0 Å². The molecule has 1 aromatic heterocycles. The SMILES string of the molecule is C=C(CN1CCNCC1CN1CCOCC1C)N1CC(C)(C)c2nc(CC)c(Cc3ccc(F)cc3)cc21. The number of benzene rings is 1. The van der Waals surface area contributed by atoms with Crippen molar-refractivity contribution in [2.75, 3.05) is 63.9 Å². The summed E-state index contributed by atoms with van der Waals surface area (Å²) >= 11 is 0. The number of morpholine rings is 1. The van der Waals surface area contributed by atoms with Crippen molar-refractivity contribution in [2.24, 2.45) is 0 Å². The highest BCUT2D eigenvalue weighted by molar-refractivity contribution is 5.65. The summed E-state index contributed by atoms with van der Waals surface area (Å²) in [6.45, 7) is 22.1. The zero-order chi connectivity index (χ0) is 26.9. The molecule has 2 unspecified atom stereocenters. The number of nitrogens with zero attached hydrogens (tertiary/aromatic N) is 4. The van der Waals surface area contributed by atoms with Gasteiger partial charge in [-0.1, -0.05) is 39.5 Å². The predicted molar refractivity (Wildman–Crippen MR) is 152 cm³/mol. The highest BCUT2D eigenvalue weighted by Gasteiger charge is 2.39. The van der Waals surface area contributed by atoms with Crippen LogP contribution in [0.4, 0.5) is 10.1 Å². The van der Waals surface area contributed by atoms with Gasteiger partial charge in [-0.3, -0.25) is 14.8 Å². The van der Waals surface area contributed by atoms with Crippen LogP contribution in [-0.4, -0.2) is 85.9 Å². The third-order valence-corrected chi connectivity index (χ3v) is 8.49. The monoisotopic (exact) mass is 521 g/mol. The van der Waals surface area contributed by atoms with Crippen LogP contribution in [0.2, 0.25) is 0 Å². The molecule has 0 bridgehead atoms. The molecule has 0 aliphatic carbocycles. The molecule has 2 aromatic rings. The highest BCUT2D eigenvalue weighted by atomic mass is 19.1. The number of pyridine rings is 1. The molecule has 0 amide bonds. The molecule has 1 N–H and O–H groups in total. The first-order valence-electron chi connectivity index (χ1n) is 14.2. The number of nitrogens with one attached hydrogen (secondary N) is 1. The number of aryl methyl sites for hydroxylation is 1. The summed E-state index contributed by atoms with van der Waals surface area (Å²) in [5.74, 6) is -0.199. The number of hydrogen-bond donors (Lipinski definition) is 1. The summed E-state index contributed by atoms with van der Waals surface area (Å²) in [6.07, 6.45) is 1.63. The van der Waals surface area contributed by atoms with Crippen LogP contribution >= 0.6 is 0 Å². The second kappa shape index (κ2) is 11.4. The quantitative estimate of drug-likeness (QED) is 0.567. The molecule has 206 valence electrons. The fourth-order valence-corrected chi connectivity index (χ4v) is 6.22. The first-order chi connectivity index (χ1) is 18.2. The second-order valence-corrected chi connectivity index (χ2v) is 11.9. The van der Waals surface area contributed by atoms with Crippen LogP contribution in [0.1, 0.15) is 50.2 Å². The van der Waals surface area contributed by atoms with Gasteiger partial charge < -0.3 is 15.0 Å². The van der Waals surface area contributed by atoms with Gasteiger partial charge in [0, 0.05) is 74.7 Å². The van der Waals surface area contributed by atoms with Crippen molar-refractivity contribution in [1.82, 2.24) is 20.1 Å². The molecular weight excluding hydrogens is 477 g/mol. The van der Waals surface area contributed by atoms with Gasteiger partial charge in [0.25, 0.3) is 0 Å². The van der Waals surface area contributed by atoms with Gasteiger partial charge in [0.2, 0.25) is 0 Å². The van der Waals surface area contributed by atoms with Crippen LogP contribution in [0.5, 0.6) is 0 Å². The van der Waals surface area contributed by atoms with Crippen molar-refractivity contribution < 1.29 is 9.13 Å². The van der Waals surface area contributed by atoms with E-state index in [9.17, 15) is 4.39 Å². The summed E-state index contributed by atoms with van der Waals surface area (Å²) in [7, 11) is 0. The van der Waals surface area contributed by atoms with Gasteiger partial charge in [0.15, 0.2) is 0 Å². The Labute approximate surface area is 227 Å². The molecule has 3 aliphatic heterocycles. The van der Waals surface area contributed by atoms with Crippen LogP contribution < -0.4 is 10.2 Å². The first kappa shape index (κ1) is 27.3. The van der Waals surface area contributed by atoms with Crippen molar-refractivity contribution in [1.29, 1.82) is 0 Å². The summed E-state index contributed by atoms with van der Waals surface area (Å²) in [5.41, 5.74) is 6.89. The number of anilines is 1. The third-order valence-electron chi connectivity index (χ3n) is 8.49. The maximum absolute atomic E-state index is 13.5. The summed E-state index contributed by atoms with van der Waals surface area (Å²) < 4.78 is 19.2. The van der Waals surface area contributed by atoms with E-state index < -0.39 is 0 Å². The Morgan fingerprint density at radius 2 is 2.00 bits per heavy atom. The normalized spacial score (nSPS) is 24.0. The molecular formula is C31H44FN5O. The fraction of sp³-hybridized carbons (Fsp3) is 0.581. The minimum atomic E-state index is -0.199. The maximum atomic E-state index is 13.5. The number of fused-ring (bicyclic) bond motifs is 1. The molecule has 2 saturated heterocycles. The van der Waals surface area contributed by atoms with E-state index in [1.165, 1.54) is 11.3 Å². The molecule has 2 fully saturated rings. The lowest BCUT2D eigenvalue weighted by molar-refractivity contribution is -0.0148. The predicted octanol–water partition coefficient (Wildman–Crippen LogP) is 3.98. The minimum absolute atomic E-state index is 0.0529. The summed E-state index contributed by atoms with van der Waals surface area (Å²) in [6, 6.07) is 10.1. The van der Waals surface area contributed by atoms with Gasteiger partial charge in [0.1, 0.15) is 5.82 Å². The smallest absolute Gasteiger partial charge is 0.123 e. The van der Waals surface area contributed by atoms with Crippen molar-refractivity contribution in [3.63, 3.8) is 0 Å². The third kappa shape index (κ3) is 5.81. The van der Waals surface area contributed by atoms with Gasteiger partial charge in [-0.25, -0.2) is 4.39 Å². The molecule has 0 saturated carbocycles. The Bertz CT molecular complexity index is 1130. The lowest BCUT2D eigenvalue weighted by atomic mass is 9.90. The summed E-state index contributed by atoms with van der Waals surface area (Å²) in [4.78, 5) is 12.8. The van der Waals surface area contributed by atoms with Crippen molar-refractivity contribution >= 4 is 5.69 Å². The van der Waals surface area contributed by atoms with E-state index in [0.717, 1.165) is 94.5 Å². The lowest BCUT2D eigenvalue weighted by Crippen LogP contribution is -2.58. The zero-order valence-corrected chi connectivity index (χ0v) is 23.6. The van der Waals surface area contributed by atoms with Gasteiger partial charge in [-0.05, 0) is 49.1 Å². The maximum Gasteiger partial charge on any atom is 0.123 e. The van der Waals surface area contributed by atoms with Crippen molar-refractivity contribution in [3.05, 3.63) is 70.9 Å². The van der Waals surface area contributed by atoms with Crippen molar-refractivity contribution in [2.45, 2.75) is 58.0 Å². The molecule has 2 atom stereocenters. The van der Waals surface area contributed by atoms with E-state index in [0.29, 0.717) is 12.1 Å². The van der Waals surface area contributed by atoms with E-state index in [-0.39, 0.29) is 11.2 Å². The molecule has 6 nitrogen and oxygen atoms in total. The average molecular weight is 522 g/mol. The molecule has 3 aliphatic rings. The Morgan fingerprint density at radius 3 is 2.74 bits per heavy atom. The minimum Gasteiger partial charge on any atom is -0.379 e. The summed E-state index contributed by atoms with van der Waals surface area (Å²) in [5, 5.41) is 3.61. The Hall–Kier alpha value is -2.32. The van der Waals surface area contributed by atoms with E-state index in [1.807, 2.05) is 12.1 Å². The molecule has 1 aromatic carbocycles. The Balaban J connectivity index is 1.36. The number of ether oxygens (including phenoxy) is 1. The van der Waals surface area contributed by atoms with Crippen LogP contribution in [0.3, 0.4) is 0 Å². The largest absolute Gasteiger partial charge is 0.379 e. The second-order valence-electron chi connectivity index (χ2n) is 11.9.